The predicted octanol–water partition coefficient (Wildman–Crippen LogP) is 3.41. The third kappa shape index (κ3) is 3.28. The number of anilines is 1. The van der Waals surface area contributed by atoms with E-state index in [1.165, 1.54) is 6.07 Å². The van der Waals surface area contributed by atoms with Crippen molar-refractivity contribution in [2.75, 3.05) is 5.32 Å². The summed E-state index contributed by atoms with van der Waals surface area (Å²) < 4.78 is 0. The van der Waals surface area contributed by atoms with Gasteiger partial charge in [-0.05, 0) is 31.5 Å². The molecule has 0 aliphatic carbocycles. The molecule has 0 spiro atoms. The topological polar surface area (TPSA) is 49.3 Å². The van der Waals surface area contributed by atoms with Crippen molar-refractivity contribution in [3.63, 3.8) is 0 Å². The number of carbonyl (C=O) groups is 1. The first-order chi connectivity index (χ1) is 7.54. The van der Waals surface area contributed by atoms with Crippen LogP contribution in [0.2, 0.25) is 5.02 Å². The van der Waals surface area contributed by atoms with E-state index in [0.29, 0.717) is 0 Å². The maximum absolute atomic E-state index is 10.7. The van der Waals surface area contributed by atoms with Gasteiger partial charge in [0.15, 0.2) is 0 Å². The van der Waals surface area contributed by atoms with E-state index in [1.54, 1.807) is 12.1 Å². The number of hydrogen-bond donors (Lipinski definition) is 2. The van der Waals surface area contributed by atoms with Gasteiger partial charge in [-0.15, -0.1) is 6.58 Å². The van der Waals surface area contributed by atoms with Gasteiger partial charge < -0.3 is 10.4 Å². The Balaban J connectivity index is 2.81. The molecular formula is C12H14ClNO2. The number of hydrogen-bond acceptors (Lipinski definition) is 2. The fraction of sp³-hybridized carbons (Fsp3) is 0.250. The fourth-order valence-electron chi connectivity index (χ4n) is 1.37. The quantitative estimate of drug-likeness (QED) is 0.774. The molecular weight excluding hydrogens is 226 g/mol. The molecule has 1 rings (SSSR count). The lowest BCUT2D eigenvalue weighted by atomic mass is 10.1. The summed E-state index contributed by atoms with van der Waals surface area (Å²) in [5.41, 5.74) is 0.924. The van der Waals surface area contributed by atoms with Crippen molar-refractivity contribution in [3.8, 4) is 0 Å². The Morgan fingerprint density at radius 1 is 1.69 bits per heavy atom. The third-order valence-corrected chi connectivity index (χ3v) is 2.45. The molecule has 4 heteroatoms. The molecule has 2 N–H and O–H groups in total. The van der Waals surface area contributed by atoms with Gasteiger partial charge in [0, 0.05) is 11.7 Å². The van der Waals surface area contributed by atoms with E-state index in [4.69, 9.17) is 16.7 Å². The highest BCUT2D eigenvalue weighted by Crippen LogP contribution is 2.21. The molecule has 0 aliphatic heterocycles. The van der Waals surface area contributed by atoms with Crippen LogP contribution in [0.25, 0.3) is 0 Å². The normalized spacial score (nSPS) is 11.9. The SMILES string of the molecule is C=CCC(C)Nc1ccc(C(=O)O)c(Cl)c1. The largest absolute Gasteiger partial charge is 0.478 e. The zero-order valence-electron chi connectivity index (χ0n) is 9.03. The molecule has 0 aliphatic rings. The van der Waals surface area contributed by atoms with Crippen LogP contribution >= 0.6 is 11.6 Å². The molecule has 86 valence electrons. The van der Waals surface area contributed by atoms with Crippen LogP contribution < -0.4 is 5.32 Å². The second-order valence-electron chi connectivity index (χ2n) is 3.57. The van der Waals surface area contributed by atoms with Crippen molar-refractivity contribution in [2.45, 2.75) is 19.4 Å². The van der Waals surface area contributed by atoms with E-state index in [9.17, 15) is 4.79 Å². The molecule has 3 nitrogen and oxygen atoms in total. The van der Waals surface area contributed by atoms with Gasteiger partial charge in [-0.25, -0.2) is 4.79 Å². The summed E-state index contributed by atoms with van der Waals surface area (Å²) in [6, 6.07) is 5.05. The minimum absolute atomic E-state index is 0.114. The lowest BCUT2D eigenvalue weighted by Gasteiger charge is -2.13. The third-order valence-electron chi connectivity index (χ3n) is 2.13. The Morgan fingerprint density at radius 2 is 2.38 bits per heavy atom. The molecule has 0 amide bonds. The van der Waals surface area contributed by atoms with Gasteiger partial charge in [0.1, 0.15) is 0 Å². The van der Waals surface area contributed by atoms with Crippen LogP contribution in [-0.4, -0.2) is 17.1 Å². The predicted molar refractivity (Wildman–Crippen MR) is 66.3 cm³/mol. The molecule has 16 heavy (non-hydrogen) atoms. The number of rotatable bonds is 5. The lowest BCUT2D eigenvalue weighted by molar-refractivity contribution is 0.0697. The zero-order chi connectivity index (χ0) is 12.1. The van der Waals surface area contributed by atoms with Crippen LogP contribution in [0, 0.1) is 0 Å². The van der Waals surface area contributed by atoms with Crippen LogP contribution in [0.5, 0.6) is 0 Å². The highest BCUT2D eigenvalue weighted by atomic mass is 35.5. The second kappa shape index (κ2) is 5.56. The summed E-state index contributed by atoms with van der Waals surface area (Å²) in [6.45, 7) is 5.67. The van der Waals surface area contributed by atoms with Crippen molar-refractivity contribution >= 4 is 23.3 Å². The molecule has 1 unspecified atom stereocenters. The second-order valence-corrected chi connectivity index (χ2v) is 3.98. The van der Waals surface area contributed by atoms with Crippen molar-refractivity contribution in [3.05, 3.63) is 41.4 Å². The molecule has 1 atom stereocenters. The van der Waals surface area contributed by atoms with Crippen molar-refractivity contribution in [1.29, 1.82) is 0 Å². The Bertz CT molecular complexity index is 404. The molecule has 0 fully saturated rings. The first-order valence-electron chi connectivity index (χ1n) is 4.95. The number of nitrogens with one attached hydrogen (secondary N) is 1. The minimum Gasteiger partial charge on any atom is -0.478 e. The highest BCUT2D eigenvalue weighted by molar-refractivity contribution is 6.33. The number of halogens is 1. The van der Waals surface area contributed by atoms with Crippen molar-refractivity contribution in [1.82, 2.24) is 0 Å². The molecule has 0 aromatic heterocycles. The van der Waals surface area contributed by atoms with Crippen LogP contribution in [0.15, 0.2) is 30.9 Å². The van der Waals surface area contributed by atoms with Gasteiger partial charge in [0.2, 0.25) is 0 Å². The Kier molecular flexibility index (Phi) is 4.38. The molecule has 0 saturated carbocycles. The van der Waals surface area contributed by atoms with Gasteiger partial charge in [-0.1, -0.05) is 17.7 Å². The molecule has 0 heterocycles. The van der Waals surface area contributed by atoms with Crippen molar-refractivity contribution in [2.24, 2.45) is 0 Å². The van der Waals surface area contributed by atoms with Gasteiger partial charge in [-0.2, -0.15) is 0 Å². The van der Waals surface area contributed by atoms with Gasteiger partial charge in [-0.3, -0.25) is 0 Å². The summed E-state index contributed by atoms with van der Waals surface area (Å²) in [4.78, 5) is 10.7. The molecule has 0 bridgehead atoms. The van der Waals surface area contributed by atoms with Crippen LogP contribution in [0.3, 0.4) is 0 Å². The number of carboxylic acids is 1. The van der Waals surface area contributed by atoms with E-state index >= 15 is 0 Å². The van der Waals surface area contributed by atoms with E-state index in [1.807, 2.05) is 13.0 Å². The average Bonchev–Trinajstić information content (AvgIpc) is 2.17. The van der Waals surface area contributed by atoms with Crippen LogP contribution in [0.4, 0.5) is 5.69 Å². The van der Waals surface area contributed by atoms with E-state index in [0.717, 1.165) is 12.1 Å². The maximum Gasteiger partial charge on any atom is 0.337 e. The summed E-state index contributed by atoms with van der Waals surface area (Å²) >= 11 is 5.84. The van der Waals surface area contributed by atoms with Crippen LogP contribution in [0.1, 0.15) is 23.7 Å². The highest BCUT2D eigenvalue weighted by Gasteiger charge is 2.09. The van der Waals surface area contributed by atoms with Crippen LogP contribution in [-0.2, 0) is 0 Å². The van der Waals surface area contributed by atoms with Gasteiger partial charge in [0.05, 0.1) is 10.6 Å². The maximum atomic E-state index is 10.7. The molecule has 1 aromatic carbocycles. The fourth-order valence-corrected chi connectivity index (χ4v) is 1.63. The van der Waals surface area contributed by atoms with E-state index in [2.05, 4.69) is 11.9 Å². The number of aromatic carboxylic acids is 1. The Morgan fingerprint density at radius 3 is 2.88 bits per heavy atom. The van der Waals surface area contributed by atoms with E-state index in [-0.39, 0.29) is 16.6 Å². The van der Waals surface area contributed by atoms with Gasteiger partial charge in [0.25, 0.3) is 0 Å². The summed E-state index contributed by atoms with van der Waals surface area (Å²) in [7, 11) is 0. The Labute approximate surface area is 99.7 Å². The van der Waals surface area contributed by atoms with Crippen molar-refractivity contribution < 1.29 is 9.90 Å². The molecule has 1 aromatic rings. The standard InChI is InChI=1S/C12H14ClNO2/c1-3-4-8(2)14-9-5-6-10(12(15)16)11(13)7-9/h3,5-8,14H,1,4H2,2H3,(H,15,16). The summed E-state index contributed by atoms with van der Waals surface area (Å²) in [5.74, 6) is -1.02. The Hall–Kier alpha value is -1.48. The zero-order valence-corrected chi connectivity index (χ0v) is 9.79. The smallest absolute Gasteiger partial charge is 0.337 e. The summed E-state index contributed by atoms with van der Waals surface area (Å²) in [5, 5.41) is 12.2. The average molecular weight is 240 g/mol. The lowest BCUT2D eigenvalue weighted by Crippen LogP contribution is -2.13. The first kappa shape index (κ1) is 12.6. The molecule has 0 radical (unpaired) electrons. The molecule has 0 saturated heterocycles. The van der Waals surface area contributed by atoms with Gasteiger partial charge >= 0.3 is 5.97 Å². The summed E-state index contributed by atoms with van der Waals surface area (Å²) in [6.07, 6.45) is 2.66. The van der Waals surface area contributed by atoms with E-state index < -0.39 is 5.97 Å². The number of benzene rings is 1. The minimum atomic E-state index is -1.02. The number of carboxylic acid groups (broad SMARTS) is 1. The monoisotopic (exact) mass is 239 g/mol. The first-order valence-corrected chi connectivity index (χ1v) is 5.32.